The third-order valence-electron chi connectivity index (χ3n) is 7.21. The predicted molar refractivity (Wildman–Crippen MR) is 161 cm³/mol. The Hall–Kier alpha value is -4.53. The fourth-order valence-corrected chi connectivity index (χ4v) is 6.20. The Kier molecular flexibility index (Phi) is 5.61. The molecule has 0 saturated carbocycles. The first-order chi connectivity index (χ1) is 18.7. The maximum Gasteiger partial charge on any atom is 0.123 e. The fraction of sp³-hybridized carbons (Fsp3) is 0. The SMILES string of the molecule is Fc1ccc(-c2ccc(-c3ccc(-c4ccc(-c5ccc6sc7ccccc7c6c5)cc4)cc3)cc2)cc1. The fourth-order valence-electron chi connectivity index (χ4n) is 5.11. The van der Waals surface area contributed by atoms with Crippen molar-refractivity contribution in [3.63, 3.8) is 0 Å². The normalized spacial score (nSPS) is 11.3. The molecule has 0 spiro atoms. The van der Waals surface area contributed by atoms with Crippen LogP contribution in [0.15, 0.2) is 140 Å². The van der Waals surface area contributed by atoms with Gasteiger partial charge in [-0.25, -0.2) is 4.39 Å². The summed E-state index contributed by atoms with van der Waals surface area (Å²) in [6.07, 6.45) is 0. The quantitative estimate of drug-likeness (QED) is 0.223. The van der Waals surface area contributed by atoms with Crippen molar-refractivity contribution in [1.29, 1.82) is 0 Å². The number of benzene rings is 6. The summed E-state index contributed by atoms with van der Waals surface area (Å²) in [5, 5.41) is 2.66. The highest BCUT2D eigenvalue weighted by Crippen LogP contribution is 2.36. The molecule has 0 atom stereocenters. The van der Waals surface area contributed by atoms with Gasteiger partial charge in [-0.1, -0.05) is 109 Å². The molecule has 0 aliphatic carbocycles. The third-order valence-corrected chi connectivity index (χ3v) is 8.36. The number of fused-ring (bicyclic) bond motifs is 3. The van der Waals surface area contributed by atoms with Crippen LogP contribution in [-0.4, -0.2) is 0 Å². The summed E-state index contributed by atoms with van der Waals surface area (Å²) < 4.78 is 15.9. The summed E-state index contributed by atoms with van der Waals surface area (Å²) in [5.41, 5.74) is 9.30. The number of halogens is 1. The van der Waals surface area contributed by atoms with Crippen LogP contribution in [0.4, 0.5) is 4.39 Å². The molecule has 1 heterocycles. The van der Waals surface area contributed by atoms with Gasteiger partial charge in [-0.3, -0.25) is 0 Å². The van der Waals surface area contributed by atoms with Crippen molar-refractivity contribution in [3.05, 3.63) is 145 Å². The molecule has 0 nitrogen and oxygen atoms in total. The van der Waals surface area contributed by atoms with E-state index in [4.69, 9.17) is 0 Å². The Balaban J connectivity index is 1.12. The first kappa shape index (κ1) is 22.7. The molecule has 0 aliphatic heterocycles. The minimum absolute atomic E-state index is 0.214. The van der Waals surface area contributed by atoms with Crippen LogP contribution in [0.2, 0.25) is 0 Å². The Morgan fingerprint density at radius 1 is 0.342 bits per heavy atom. The van der Waals surface area contributed by atoms with Gasteiger partial charge >= 0.3 is 0 Å². The molecule has 0 N–H and O–H groups in total. The molecule has 0 unspecified atom stereocenters. The molecular weight excluding hydrogens is 483 g/mol. The Morgan fingerprint density at radius 2 is 0.711 bits per heavy atom. The lowest BCUT2D eigenvalue weighted by Gasteiger charge is -2.08. The maximum absolute atomic E-state index is 13.2. The van der Waals surface area contributed by atoms with E-state index in [9.17, 15) is 4.39 Å². The second-order valence-electron chi connectivity index (χ2n) is 9.55. The van der Waals surface area contributed by atoms with Crippen LogP contribution < -0.4 is 0 Å². The van der Waals surface area contributed by atoms with E-state index >= 15 is 0 Å². The zero-order valence-electron chi connectivity index (χ0n) is 20.6. The highest BCUT2D eigenvalue weighted by atomic mass is 32.1. The van der Waals surface area contributed by atoms with Crippen LogP contribution in [0.1, 0.15) is 0 Å². The number of hydrogen-bond donors (Lipinski definition) is 0. The van der Waals surface area contributed by atoms with Gasteiger partial charge in [-0.05, 0) is 74.8 Å². The summed E-state index contributed by atoms with van der Waals surface area (Å²) in [6, 6.07) is 48.0. The average Bonchev–Trinajstić information content (AvgIpc) is 3.36. The Morgan fingerprint density at radius 3 is 1.21 bits per heavy atom. The van der Waals surface area contributed by atoms with Gasteiger partial charge in [0.1, 0.15) is 5.82 Å². The lowest BCUT2D eigenvalue weighted by Crippen LogP contribution is -1.83. The molecule has 6 aromatic carbocycles. The highest BCUT2D eigenvalue weighted by Gasteiger charge is 2.08. The van der Waals surface area contributed by atoms with Crippen molar-refractivity contribution in [2.75, 3.05) is 0 Å². The zero-order chi connectivity index (χ0) is 25.5. The Labute approximate surface area is 225 Å². The van der Waals surface area contributed by atoms with E-state index in [1.807, 2.05) is 23.5 Å². The second kappa shape index (κ2) is 9.41. The van der Waals surface area contributed by atoms with Gasteiger partial charge in [0, 0.05) is 20.2 Å². The number of thiophene rings is 1. The summed E-state index contributed by atoms with van der Waals surface area (Å²) in [6.45, 7) is 0. The van der Waals surface area contributed by atoms with Gasteiger partial charge in [0.25, 0.3) is 0 Å². The van der Waals surface area contributed by atoms with Crippen molar-refractivity contribution in [2.24, 2.45) is 0 Å². The van der Waals surface area contributed by atoms with E-state index in [2.05, 4.69) is 115 Å². The highest BCUT2D eigenvalue weighted by molar-refractivity contribution is 7.25. The van der Waals surface area contributed by atoms with Crippen molar-refractivity contribution in [2.45, 2.75) is 0 Å². The van der Waals surface area contributed by atoms with E-state index in [1.165, 1.54) is 60.1 Å². The first-order valence-electron chi connectivity index (χ1n) is 12.7. The molecule has 7 rings (SSSR count). The van der Waals surface area contributed by atoms with E-state index in [-0.39, 0.29) is 5.82 Å². The topological polar surface area (TPSA) is 0 Å². The largest absolute Gasteiger partial charge is 0.207 e. The summed E-state index contributed by atoms with van der Waals surface area (Å²) >= 11 is 1.85. The van der Waals surface area contributed by atoms with Crippen molar-refractivity contribution in [1.82, 2.24) is 0 Å². The molecule has 2 heteroatoms. The standard InChI is InChI=1S/C36H23FS/c37-32-20-17-29(18-21-32)28-11-9-25(10-12-28)24-5-7-26(8-6-24)27-13-15-30(16-14-27)31-19-22-36-34(23-31)33-3-1-2-4-35(33)38-36/h1-23H. The monoisotopic (exact) mass is 506 g/mol. The summed E-state index contributed by atoms with van der Waals surface area (Å²) in [7, 11) is 0. The molecule has 7 aromatic rings. The molecule has 0 aliphatic rings. The summed E-state index contributed by atoms with van der Waals surface area (Å²) in [5.74, 6) is -0.214. The molecular formula is C36H23FS. The maximum atomic E-state index is 13.2. The van der Waals surface area contributed by atoms with Crippen molar-refractivity contribution < 1.29 is 4.39 Å². The lowest BCUT2D eigenvalue weighted by molar-refractivity contribution is 0.628. The molecule has 0 fully saturated rings. The van der Waals surface area contributed by atoms with Crippen LogP contribution in [-0.2, 0) is 0 Å². The summed E-state index contributed by atoms with van der Waals surface area (Å²) in [4.78, 5) is 0. The van der Waals surface area contributed by atoms with Gasteiger partial charge in [0.05, 0.1) is 0 Å². The minimum atomic E-state index is -0.214. The molecule has 0 saturated heterocycles. The van der Waals surface area contributed by atoms with E-state index in [0.717, 1.165) is 16.7 Å². The van der Waals surface area contributed by atoms with Crippen molar-refractivity contribution >= 4 is 31.5 Å². The molecule has 1 aromatic heterocycles. The van der Waals surface area contributed by atoms with Crippen molar-refractivity contribution in [3.8, 4) is 44.5 Å². The van der Waals surface area contributed by atoms with Gasteiger partial charge in [0.15, 0.2) is 0 Å². The van der Waals surface area contributed by atoms with Gasteiger partial charge in [-0.2, -0.15) is 0 Å². The van der Waals surface area contributed by atoms with Gasteiger partial charge < -0.3 is 0 Å². The molecule has 0 amide bonds. The minimum Gasteiger partial charge on any atom is -0.207 e. The Bertz CT molecular complexity index is 1880. The van der Waals surface area contributed by atoms with Crippen LogP contribution in [0, 0.1) is 5.82 Å². The molecule has 0 bridgehead atoms. The van der Waals surface area contributed by atoms with Crippen LogP contribution in [0.25, 0.3) is 64.7 Å². The second-order valence-corrected chi connectivity index (χ2v) is 10.6. The van der Waals surface area contributed by atoms with Gasteiger partial charge in [0.2, 0.25) is 0 Å². The third kappa shape index (κ3) is 4.19. The average molecular weight is 507 g/mol. The van der Waals surface area contributed by atoms with Crippen LogP contribution in [0.3, 0.4) is 0 Å². The molecule has 0 radical (unpaired) electrons. The molecule has 180 valence electrons. The first-order valence-corrected chi connectivity index (χ1v) is 13.5. The van der Waals surface area contributed by atoms with Crippen LogP contribution >= 0.6 is 11.3 Å². The van der Waals surface area contributed by atoms with E-state index < -0.39 is 0 Å². The smallest absolute Gasteiger partial charge is 0.123 e. The lowest BCUT2D eigenvalue weighted by atomic mass is 9.96. The number of rotatable bonds is 4. The van der Waals surface area contributed by atoms with E-state index in [0.29, 0.717) is 0 Å². The zero-order valence-corrected chi connectivity index (χ0v) is 21.4. The predicted octanol–water partition coefficient (Wildman–Crippen LogP) is 10.9. The van der Waals surface area contributed by atoms with E-state index in [1.54, 1.807) is 0 Å². The van der Waals surface area contributed by atoms with Crippen LogP contribution in [0.5, 0.6) is 0 Å². The van der Waals surface area contributed by atoms with Gasteiger partial charge in [-0.15, -0.1) is 11.3 Å². The number of hydrogen-bond acceptors (Lipinski definition) is 1. The molecule has 38 heavy (non-hydrogen) atoms.